The molecule has 1 spiro atoms. The molecule has 6 heteroatoms. The highest BCUT2D eigenvalue weighted by atomic mass is 16.6. The molecule has 5 rings (SSSR count). The highest BCUT2D eigenvalue weighted by molar-refractivity contribution is 6.10. The standard InChI is InChI=1S/C25H32O6/c1-13-22(6)12-16-21(5)10-9-17(26)31-20(3,4)15(21)8-11-23(16,7)24(13)19(28)30-14(2)25(24,29)18(22)27/h9-10,14-16,29H,1,8,11-12H2,2-7H3. The summed E-state index contributed by atoms with van der Waals surface area (Å²) >= 11 is 0. The molecule has 0 aromatic heterocycles. The van der Waals surface area contributed by atoms with E-state index < -0.39 is 44.9 Å². The van der Waals surface area contributed by atoms with Gasteiger partial charge in [0.05, 0.1) is 5.41 Å². The van der Waals surface area contributed by atoms with Crippen LogP contribution in [0.3, 0.4) is 0 Å². The van der Waals surface area contributed by atoms with Crippen LogP contribution in [-0.2, 0) is 23.9 Å². The number of esters is 2. The Morgan fingerprint density at radius 3 is 2.39 bits per heavy atom. The molecular weight excluding hydrogens is 396 g/mol. The second-order valence-electron chi connectivity index (χ2n) is 11.7. The van der Waals surface area contributed by atoms with Gasteiger partial charge in [0.25, 0.3) is 0 Å². The average Bonchev–Trinajstić information content (AvgIpc) is 2.87. The second kappa shape index (κ2) is 5.33. The van der Waals surface area contributed by atoms with Gasteiger partial charge in [-0.1, -0.05) is 26.5 Å². The lowest BCUT2D eigenvalue weighted by Crippen LogP contribution is -2.67. The first kappa shape index (κ1) is 20.9. The van der Waals surface area contributed by atoms with Crippen LogP contribution in [0.5, 0.6) is 0 Å². The summed E-state index contributed by atoms with van der Waals surface area (Å²) in [5.74, 6) is -1.43. The SMILES string of the molecule is C=C1C2(C)CC3C4(C)C=CC(=O)OC(C)(C)C4CCC3(C)C13C(=O)OC(C)C3(O)C2=O. The molecule has 6 nitrogen and oxygen atoms in total. The smallest absolute Gasteiger partial charge is 0.330 e. The van der Waals surface area contributed by atoms with Crippen molar-refractivity contribution in [2.45, 2.75) is 78.1 Å². The molecule has 0 aromatic rings. The predicted molar refractivity (Wildman–Crippen MR) is 112 cm³/mol. The van der Waals surface area contributed by atoms with Crippen LogP contribution >= 0.6 is 0 Å². The fourth-order valence-electron chi connectivity index (χ4n) is 8.81. The third-order valence-electron chi connectivity index (χ3n) is 10.2. The molecule has 8 atom stereocenters. The fraction of sp³-hybridized carbons (Fsp3) is 0.720. The van der Waals surface area contributed by atoms with Gasteiger partial charge in [-0.25, -0.2) is 4.79 Å². The van der Waals surface area contributed by atoms with Gasteiger partial charge in [-0.3, -0.25) is 9.59 Å². The quantitative estimate of drug-likeness (QED) is 0.471. The minimum absolute atomic E-state index is 0.00424. The molecule has 168 valence electrons. The maximum atomic E-state index is 13.8. The summed E-state index contributed by atoms with van der Waals surface area (Å²) in [4.78, 5) is 39.8. The van der Waals surface area contributed by atoms with E-state index in [4.69, 9.17) is 9.47 Å². The Kier molecular flexibility index (Phi) is 3.60. The first-order valence-electron chi connectivity index (χ1n) is 11.2. The van der Waals surface area contributed by atoms with Crippen LogP contribution in [0.4, 0.5) is 0 Å². The number of ketones is 1. The van der Waals surface area contributed by atoms with Crippen LogP contribution in [0.15, 0.2) is 24.3 Å². The molecule has 0 aromatic carbocycles. The molecule has 0 amide bonds. The molecule has 31 heavy (non-hydrogen) atoms. The van der Waals surface area contributed by atoms with E-state index in [1.165, 1.54) is 6.08 Å². The number of Topliss-reactive ketones (excluding diaryl/α,β-unsaturated/α-hetero) is 1. The van der Waals surface area contributed by atoms with E-state index in [9.17, 15) is 19.5 Å². The van der Waals surface area contributed by atoms with Crippen molar-refractivity contribution in [1.29, 1.82) is 0 Å². The van der Waals surface area contributed by atoms with Gasteiger partial charge in [0.15, 0.2) is 11.4 Å². The lowest BCUT2D eigenvalue weighted by molar-refractivity contribution is -0.197. The Bertz CT molecular complexity index is 994. The Morgan fingerprint density at radius 2 is 1.74 bits per heavy atom. The van der Waals surface area contributed by atoms with Gasteiger partial charge in [-0.05, 0) is 69.3 Å². The highest BCUT2D eigenvalue weighted by Crippen LogP contribution is 2.80. The lowest BCUT2D eigenvalue weighted by Gasteiger charge is -2.65. The van der Waals surface area contributed by atoms with E-state index >= 15 is 0 Å². The van der Waals surface area contributed by atoms with Gasteiger partial charge >= 0.3 is 11.9 Å². The maximum absolute atomic E-state index is 13.8. The van der Waals surface area contributed by atoms with E-state index in [1.54, 1.807) is 6.92 Å². The van der Waals surface area contributed by atoms with E-state index in [0.29, 0.717) is 24.8 Å². The molecule has 4 fully saturated rings. The van der Waals surface area contributed by atoms with Crippen molar-refractivity contribution in [2.24, 2.45) is 33.5 Å². The molecule has 1 saturated heterocycles. The highest BCUT2D eigenvalue weighted by Gasteiger charge is 2.89. The number of carbonyl (C=O) groups is 3. The van der Waals surface area contributed by atoms with Crippen LogP contribution in [0, 0.1) is 33.5 Å². The lowest BCUT2D eigenvalue weighted by atomic mass is 9.37. The van der Waals surface area contributed by atoms with Gasteiger partial charge in [-0.2, -0.15) is 0 Å². The Labute approximate surface area is 183 Å². The van der Waals surface area contributed by atoms with Crippen LogP contribution in [0.2, 0.25) is 0 Å². The minimum atomic E-state index is -1.93. The van der Waals surface area contributed by atoms with Gasteiger partial charge in [0.2, 0.25) is 0 Å². The third-order valence-corrected chi connectivity index (χ3v) is 10.2. The molecule has 2 bridgehead atoms. The number of aliphatic hydroxyl groups is 1. The summed E-state index contributed by atoms with van der Waals surface area (Å²) in [5.41, 5.74) is -5.94. The summed E-state index contributed by atoms with van der Waals surface area (Å²) in [6, 6.07) is 0. The number of allylic oxidation sites excluding steroid dienone is 1. The van der Waals surface area contributed by atoms with Gasteiger partial charge < -0.3 is 14.6 Å². The number of hydrogen-bond acceptors (Lipinski definition) is 6. The number of carbonyl (C=O) groups excluding carboxylic acids is 3. The molecule has 1 N–H and O–H groups in total. The van der Waals surface area contributed by atoms with Crippen molar-refractivity contribution < 1.29 is 29.0 Å². The van der Waals surface area contributed by atoms with Crippen molar-refractivity contribution in [3.8, 4) is 0 Å². The number of fused-ring (bicyclic) bond motifs is 4. The monoisotopic (exact) mass is 428 g/mol. The zero-order valence-electron chi connectivity index (χ0n) is 19.2. The Hall–Kier alpha value is -1.95. The number of rotatable bonds is 0. The third kappa shape index (κ3) is 1.83. The molecular formula is C25H32O6. The van der Waals surface area contributed by atoms with Gasteiger partial charge in [0, 0.05) is 12.0 Å². The first-order chi connectivity index (χ1) is 14.1. The molecule has 3 aliphatic carbocycles. The average molecular weight is 429 g/mol. The summed E-state index contributed by atoms with van der Waals surface area (Å²) in [6.45, 7) is 15.7. The number of hydrogen-bond donors (Lipinski definition) is 1. The zero-order valence-corrected chi connectivity index (χ0v) is 19.2. The molecule has 3 saturated carbocycles. The van der Waals surface area contributed by atoms with Crippen molar-refractivity contribution in [3.63, 3.8) is 0 Å². The molecule has 2 aliphatic heterocycles. The largest absolute Gasteiger partial charge is 0.458 e. The van der Waals surface area contributed by atoms with Crippen molar-refractivity contribution >= 4 is 17.7 Å². The van der Waals surface area contributed by atoms with Crippen molar-refractivity contribution in [1.82, 2.24) is 0 Å². The van der Waals surface area contributed by atoms with E-state index in [1.807, 2.05) is 33.8 Å². The van der Waals surface area contributed by atoms with Crippen LogP contribution in [-0.4, -0.2) is 40.1 Å². The summed E-state index contributed by atoms with van der Waals surface area (Å²) in [5, 5.41) is 12.0. The Balaban J connectivity index is 1.81. The van der Waals surface area contributed by atoms with E-state index in [2.05, 4.69) is 13.5 Å². The van der Waals surface area contributed by atoms with Crippen LogP contribution in [0.25, 0.3) is 0 Å². The summed E-state index contributed by atoms with van der Waals surface area (Å²) in [6.07, 6.45) is 4.23. The molecule has 8 unspecified atom stereocenters. The topological polar surface area (TPSA) is 89.9 Å². The predicted octanol–water partition coefficient (Wildman–Crippen LogP) is 3.13. The summed E-state index contributed by atoms with van der Waals surface area (Å²) < 4.78 is 11.4. The first-order valence-corrected chi connectivity index (χ1v) is 11.2. The van der Waals surface area contributed by atoms with E-state index in [0.717, 1.165) is 0 Å². The Morgan fingerprint density at radius 1 is 1.10 bits per heavy atom. The second-order valence-corrected chi connectivity index (χ2v) is 11.7. The van der Waals surface area contributed by atoms with Crippen molar-refractivity contribution in [3.05, 3.63) is 24.3 Å². The normalized spacial score (nSPS) is 54.5. The molecule has 0 radical (unpaired) electrons. The maximum Gasteiger partial charge on any atom is 0.330 e. The van der Waals surface area contributed by atoms with Crippen molar-refractivity contribution in [2.75, 3.05) is 0 Å². The number of cyclic esters (lactones) is 2. The zero-order chi connectivity index (χ0) is 23.0. The van der Waals surface area contributed by atoms with Crippen LogP contribution in [0.1, 0.15) is 60.8 Å². The summed E-state index contributed by atoms with van der Waals surface area (Å²) in [7, 11) is 0. The van der Waals surface area contributed by atoms with E-state index in [-0.39, 0.29) is 23.6 Å². The minimum Gasteiger partial charge on any atom is -0.458 e. The molecule has 2 heterocycles. The van der Waals surface area contributed by atoms with Gasteiger partial charge in [-0.15, -0.1) is 0 Å². The fourth-order valence-corrected chi connectivity index (χ4v) is 8.81. The molecule has 5 aliphatic rings. The van der Waals surface area contributed by atoms with Crippen LogP contribution < -0.4 is 0 Å². The van der Waals surface area contributed by atoms with Gasteiger partial charge in [0.1, 0.15) is 17.1 Å². The number of ether oxygens (including phenoxy) is 2.